The summed E-state index contributed by atoms with van der Waals surface area (Å²) in [5.74, 6) is -3.24. The van der Waals surface area contributed by atoms with Crippen LogP contribution in [0, 0.1) is 17.6 Å². The van der Waals surface area contributed by atoms with Crippen LogP contribution in [0.2, 0.25) is 0 Å². The van der Waals surface area contributed by atoms with E-state index in [4.69, 9.17) is 10.8 Å². The first-order valence-electron chi connectivity index (χ1n) is 5.97. The number of aromatic hydroxyl groups is 1. The summed E-state index contributed by atoms with van der Waals surface area (Å²) in [4.78, 5) is 12.7. The van der Waals surface area contributed by atoms with Gasteiger partial charge in [0.2, 0.25) is 5.91 Å². The van der Waals surface area contributed by atoms with Gasteiger partial charge in [-0.2, -0.15) is 0 Å². The fourth-order valence-corrected chi connectivity index (χ4v) is 1.89. The third-order valence-electron chi connectivity index (χ3n) is 2.49. The van der Waals surface area contributed by atoms with E-state index in [0.29, 0.717) is 12.1 Å². The monoisotopic (exact) mass is 272 g/mol. The Hall–Kier alpha value is -1.69. The maximum absolute atomic E-state index is 13.2. The molecule has 0 aromatic heterocycles. The highest BCUT2D eigenvalue weighted by atomic mass is 19.1. The number of nitrogens with zero attached hydrogens (tertiary/aromatic N) is 1. The molecule has 1 rings (SSSR count). The van der Waals surface area contributed by atoms with E-state index in [9.17, 15) is 13.6 Å². The van der Waals surface area contributed by atoms with Crippen molar-refractivity contribution in [2.24, 2.45) is 11.7 Å². The van der Waals surface area contributed by atoms with Crippen LogP contribution >= 0.6 is 0 Å². The van der Waals surface area contributed by atoms with Crippen molar-refractivity contribution in [1.82, 2.24) is 4.90 Å². The van der Waals surface area contributed by atoms with E-state index in [1.807, 2.05) is 13.8 Å². The predicted molar refractivity (Wildman–Crippen MR) is 67.3 cm³/mol. The molecule has 6 heteroatoms. The number of phenols is 1. The second-order valence-electron chi connectivity index (χ2n) is 4.94. The molecule has 0 heterocycles. The highest BCUT2D eigenvalue weighted by Gasteiger charge is 2.14. The standard InChI is InChI=1S/C13H18F2N2O2/c1-8(2)5-17(7-12(16)18)6-9-3-10(14)13(19)11(15)4-9/h3-4,8,19H,5-7H2,1-2H3,(H2,16,18). The zero-order chi connectivity index (χ0) is 14.6. The zero-order valence-electron chi connectivity index (χ0n) is 11.0. The van der Waals surface area contributed by atoms with E-state index in [1.165, 1.54) is 0 Å². The number of carbonyl (C=O) groups excluding carboxylic acids is 1. The number of carbonyl (C=O) groups is 1. The third kappa shape index (κ3) is 4.82. The zero-order valence-corrected chi connectivity index (χ0v) is 11.0. The van der Waals surface area contributed by atoms with Gasteiger partial charge in [-0.15, -0.1) is 0 Å². The lowest BCUT2D eigenvalue weighted by Gasteiger charge is -2.22. The van der Waals surface area contributed by atoms with Gasteiger partial charge < -0.3 is 10.8 Å². The van der Waals surface area contributed by atoms with Crippen LogP contribution in [0.3, 0.4) is 0 Å². The number of rotatable bonds is 6. The quantitative estimate of drug-likeness (QED) is 0.827. The van der Waals surface area contributed by atoms with Crippen LogP contribution in [0.15, 0.2) is 12.1 Å². The number of hydrogen-bond donors (Lipinski definition) is 2. The van der Waals surface area contributed by atoms with Gasteiger partial charge in [0.1, 0.15) is 0 Å². The van der Waals surface area contributed by atoms with Crippen LogP contribution in [0.4, 0.5) is 8.78 Å². The summed E-state index contributed by atoms with van der Waals surface area (Å²) in [6, 6.07) is 2.10. The molecule has 0 unspecified atom stereocenters. The van der Waals surface area contributed by atoms with Crippen LogP contribution in [-0.4, -0.2) is 29.0 Å². The molecule has 0 radical (unpaired) electrons. The predicted octanol–water partition coefficient (Wildman–Crippen LogP) is 1.61. The van der Waals surface area contributed by atoms with E-state index in [2.05, 4.69) is 0 Å². The number of benzene rings is 1. The second kappa shape index (κ2) is 6.47. The fraction of sp³-hybridized carbons (Fsp3) is 0.462. The Labute approximate surface area is 110 Å². The molecular weight excluding hydrogens is 254 g/mol. The normalized spacial score (nSPS) is 11.3. The molecule has 0 fully saturated rings. The molecule has 1 aromatic rings. The molecule has 0 bridgehead atoms. The summed E-state index contributed by atoms with van der Waals surface area (Å²) in [6.45, 7) is 4.71. The summed E-state index contributed by atoms with van der Waals surface area (Å²) in [5.41, 5.74) is 5.48. The van der Waals surface area contributed by atoms with Crippen molar-refractivity contribution in [3.63, 3.8) is 0 Å². The minimum absolute atomic E-state index is 0.0162. The second-order valence-corrected chi connectivity index (χ2v) is 4.94. The van der Waals surface area contributed by atoms with E-state index in [0.717, 1.165) is 12.1 Å². The number of nitrogens with two attached hydrogens (primary N) is 1. The van der Waals surface area contributed by atoms with E-state index in [-0.39, 0.29) is 19.0 Å². The number of phenolic OH excluding ortho intramolecular Hbond substituents is 1. The summed E-state index contributed by atoms with van der Waals surface area (Å²) in [7, 11) is 0. The number of primary amides is 1. The maximum atomic E-state index is 13.2. The molecule has 0 aliphatic heterocycles. The van der Waals surface area contributed by atoms with Gasteiger partial charge >= 0.3 is 0 Å². The molecule has 0 aliphatic rings. The minimum Gasteiger partial charge on any atom is -0.503 e. The first-order chi connectivity index (χ1) is 8.79. The fourth-order valence-electron chi connectivity index (χ4n) is 1.89. The lowest BCUT2D eigenvalue weighted by molar-refractivity contribution is -0.119. The molecule has 106 valence electrons. The number of halogens is 2. The molecule has 19 heavy (non-hydrogen) atoms. The summed E-state index contributed by atoms with van der Waals surface area (Å²) in [5, 5.41) is 9.02. The molecule has 0 spiro atoms. The lowest BCUT2D eigenvalue weighted by Crippen LogP contribution is -2.35. The van der Waals surface area contributed by atoms with Gasteiger partial charge in [0.25, 0.3) is 0 Å². The third-order valence-corrected chi connectivity index (χ3v) is 2.49. The van der Waals surface area contributed by atoms with Crippen molar-refractivity contribution in [1.29, 1.82) is 0 Å². The number of hydrogen-bond acceptors (Lipinski definition) is 3. The van der Waals surface area contributed by atoms with Crippen molar-refractivity contribution < 1.29 is 18.7 Å². The molecule has 1 amide bonds. The Balaban J connectivity index is 2.86. The Morgan fingerprint density at radius 1 is 1.37 bits per heavy atom. The van der Waals surface area contributed by atoms with Crippen LogP contribution in [0.25, 0.3) is 0 Å². The van der Waals surface area contributed by atoms with Gasteiger partial charge in [-0.05, 0) is 23.6 Å². The van der Waals surface area contributed by atoms with Crippen molar-refractivity contribution in [3.05, 3.63) is 29.3 Å². The topological polar surface area (TPSA) is 66.6 Å². The van der Waals surface area contributed by atoms with E-state index < -0.39 is 23.3 Å². The van der Waals surface area contributed by atoms with Gasteiger partial charge in [0.15, 0.2) is 17.4 Å². The Bertz CT molecular complexity index is 441. The molecule has 0 saturated carbocycles. The summed E-state index contributed by atoms with van der Waals surface area (Å²) < 4.78 is 26.4. The molecule has 0 atom stereocenters. The molecule has 1 aromatic carbocycles. The minimum atomic E-state index is -1.02. The Morgan fingerprint density at radius 2 is 1.89 bits per heavy atom. The molecule has 0 aliphatic carbocycles. The molecule has 4 nitrogen and oxygen atoms in total. The van der Waals surface area contributed by atoms with Gasteiger partial charge in [-0.1, -0.05) is 13.8 Å². The van der Waals surface area contributed by atoms with Gasteiger partial charge in [0, 0.05) is 13.1 Å². The molecule has 3 N–H and O–H groups in total. The van der Waals surface area contributed by atoms with Crippen molar-refractivity contribution in [2.75, 3.05) is 13.1 Å². The summed E-state index contributed by atoms with van der Waals surface area (Å²) in [6.07, 6.45) is 0. The van der Waals surface area contributed by atoms with Gasteiger partial charge in [0.05, 0.1) is 6.54 Å². The summed E-state index contributed by atoms with van der Waals surface area (Å²) >= 11 is 0. The number of amides is 1. The van der Waals surface area contributed by atoms with Crippen molar-refractivity contribution in [3.8, 4) is 5.75 Å². The van der Waals surface area contributed by atoms with E-state index in [1.54, 1.807) is 4.90 Å². The van der Waals surface area contributed by atoms with E-state index >= 15 is 0 Å². The average molecular weight is 272 g/mol. The molecular formula is C13H18F2N2O2. The van der Waals surface area contributed by atoms with Crippen LogP contribution in [0.1, 0.15) is 19.4 Å². The van der Waals surface area contributed by atoms with Crippen molar-refractivity contribution in [2.45, 2.75) is 20.4 Å². The first-order valence-corrected chi connectivity index (χ1v) is 5.97. The lowest BCUT2D eigenvalue weighted by atomic mass is 10.1. The Kier molecular flexibility index (Phi) is 5.23. The van der Waals surface area contributed by atoms with Gasteiger partial charge in [-0.3, -0.25) is 9.69 Å². The molecule has 0 saturated heterocycles. The smallest absolute Gasteiger partial charge is 0.231 e. The average Bonchev–Trinajstić information content (AvgIpc) is 2.23. The van der Waals surface area contributed by atoms with Crippen molar-refractivity contribution >= 4 is 5.91 Å². The largest absolute Gasteiger partial charge is 0.503 e. The van der Waals surface area contributed by atoms with Crippen LogP contribution < -0.4 is 5.73 Å². The highest BCUT2D eigenvalue weighted by Crippen LogP contribution is 2.22. The van der Waals surface area contributed by atoms with Crippen LogP contribution in [-0.2, 0) is 11.3 Å². The first kappa shape index (κ1) is 15.4. The van der Waals surface area contributed by atoms with Crippen LogP contribution in [0.5, 0.6) is 5.75 Å². The highest BCUT2D eigenvalue weighted by molar-refractivity contribution is 5.75. The van der Waals surface area contributed by atoms with Gasteiger partial charge in [-0.25, -0.2) is 8.78 Å². The Morgan fingerprint density at radius 3 is 2.32 bits per heavy atom. The maximum Gasteiger partial charge on any atom is 0.231 e. The SMILES string of the molecule is CC(C)CN(CC(N)=O)Cc1cc(F)c(O)c(F)c1.